The molecule has 0 aromatic rings. The lowest BCUT2D eigenvalue weighted by Crippen LogP contribution is -1.92. The summed E-state index contributed by atoms with van der Waals surface area (Å²) in [5.41, 5.74) is 0. The molecule has 0 aromatic carbocycles. The van der Waals surface area contributed by atoms with Crippen LogP contribution in [0.5, 0.6) is 0 Å². The van der Waals surface area contributed by atoms with Gasteiger partial charge in [-0.1, -0.05) is 13.8 Å². The molecule has 5 heteroatoms. The number of hydrogen-bond donors (Lipinski definition) is 0. The van der Waals surface area contributed by atoms with Gasteiger partial charge in [-0.15, -0.1) is 17.6 Å². The Hall–Kier alpha value is -0.350. The van der Waals surface area contributed by atoms with Gasteiger partial charge in [0.05, 0.1) is 6.67 Å². The smallest absolute Gasteiger partial charge is 0.251 e. The lowest BCUT2D eigenvalue weighted by atomic mass is 10.2. The maximum absolute atomic E-state index is 11.2. The molecule has 0 amide bonds. The van der Waals surface area contributed by atoms with E-state index in [1.54, 1.807) is 0 Å². The van der Waals surface area contributed by atoms with E-state index in [0.717, 1.165) is 0 Å². The summed E-state index contributed by atoms with van der Waals surface area (Å²) in [6, 6.07) is 0. The maximum Gasteiger partial charge on any atom is 0.559 e. The van der Waals surface area contributed by atoms with Gasteiger partial charge in [-0.25, -0.2) is 0 Å². The second kappa shape index (κ2) is 6.37. The van der Waals surface area contributed by atoms with Crippen molar-refractivity contribution in [2.75, 3.05) is 6.67 Å². The van der Waals surface area contributed by atoms with Gasteiger partial charge in [-0.2, -0.15) is 0 Å². The van der Waals surface area contributed by atoms with Crippen LogP contribution < -0.4 is 0 Å². The quantitative estimate of drug-likeness (QED) is 0.568. The van der Waals surface area contributed by atoms with E-state index in [4.69, 9.17) is 0 Å². The molecule has 0 rings (SSSR count). The Morgan fingerprint density at radius 3 is 1.36 bits per heavy atom. The van der Waals surface area contributed by atoms with Crippen molar-refractivity contribution in [1.82, 2.24) is 0 Å². The van der Waals surface area contributed by atoms with Gasteiger partial charge in [0.15, 0.2) is 0 Å². The normalized spacial score (nSPS) is 10.9. The molecule has 0 aliphatic carbocycles. The van der Waals surface area contributed by atoms with Gasteiger partial charge in [0, 0.05) is 0 Å². The van der Waals surface area contributed by atoms with Crippen molar-refractivity contribution < 1.29 is 22.0 Å². The van der Waals surface area contributed by atoms with Crippen LogP contribution in [0, 0.1) is 5.92 Å². The third kappa shape index (κ3) is 80.4. The van der Waals surface area contributed by atoms with Crippen molar-refractivity contribution in [2.45, 2.75) is 26.7 Å². The third-order valence-electron chi connectivity index (χ3n) is 0.686. The highest BCUT2D eigenvalue weighted by molar-refractivity contribution is 4.39. The number of alkyl halides is 5. The maximum atomic E-state index is 11.2. The SMILES string of the molecule is CC(C)CCF.FC(F)(F)F. The molecule has 0 spiro atoms. The molecule has 0 aliphatic rings. The first-order valence-corrected chi connectivity index (χ1v) is 3.09. The number of halogens is 5. The van der Waals surface area contributed by atoms with E-state index in [0.29, 0.717) is 12.3 Å². The largest absolute Gasteiger partial charge is 0.559 e. The predicted molar refractivity (Wildman–Crippen MR) is 32.6 cm³/mol. The van der Waals surface area contributed by atoms with Gasteiger partial charge >= 0.3 is 6.43 Å². The Morgan fingerprint density at radius 1 is 1.09 bits per heavy atom. The van der Waals surface area contributed by atoms with Crippen molar-refractivity contribution >= 4 is 0 Å². The Kier molecular flexibility index (Phi) is 7.67. The lowest BCUT2D eigenvalue weighted by molar-refractivity contribution is -0.237. The highest BCUT2D eigenvalue weighted by Gasteiger charge is 2.24. The van der Waals surface area contributed by atoms with Gasteiger partial charge in [-0.05, 0) is 12.3 Å². The Morgan fingerprint density at radius 2 is 1.36 bits per heavy atom. The first-order valence-electron chi connectivity index (χ1n) is 3.09. The Balaban J connectivity index is 0. The van der Waals surface area contributed by atoms with Crippen molar-refractivity contribution in [3.05, 3.63) is 0 Å². The molecule has 11 heavy (non-hydrogen) atoms. The molecular formula is C6H11F5. The number of hydrogen-bond acceptors (Lipinski definition) is 0. The van der Waals surface area contributed by atoms with Crippen LogP contribution in [0.1, 0.15) is 20.3 Å². The van der Waals surface area contributed by atoms with Gasteiger partial charge < -0.3 is 0 Å². The molecule has 0 nitrogen and oxygen atoms in total. The fourth-order valence-corrected chi connectivity index (χ4v) is 0.218. The first-order chi connectivity index (χ1) is 4.77. The fraction of sp³-hybridized carbons (Fsp3) is 1.00. The van der Waals surface area contributed by atoms with E-state index in [2.05, 4.69) is 0 Å². The topological polar surface area (TPSA) is 0 Å². The van der Waals surface area contributed by atoms with E-state index in [-0.39, 0.29) is 6.67 Å². The second-order valence-electron chi connectivity index (χ2n) is 2.30. The minimum Gasteiger partial charge on any atom is -0.251 e. The van der Waals surface area contributed by atoms with E-state index >= 15 is 0 Å². The summed E-state index contributed by atoms with van der Waals surface area (Å²) in [6.07, 6.45) is -4.79. The Bertz CT molecular complexity index is 69.5. The van der Waals surface area contributed by atoms with Crippen LogP contribution >= 0.6 is 0 Å². The van der Waals surface area contributed by atoms with Gasteiger partial charge in [0.25, 0.3) is 0 Å². The fourth-order valence-electron chi connectivity index (χ4n) is 0.218. The molecule has 0 aromatic heterocycles. The monoisotopic (exact) mass is 178 g/mol. The zero-order chi connectivity index (χ0) is 9.49. The molecule has 0 fully saturated rings. The Labute approximate surface area is 62.4 Å². The van der Waals surface area contributed by atoms with Gasteiger partial charge in [0.2, 0.25) is 0 Å². The minimum atomic E-state index is -5.50. The van der Waals surface area contributed by atoms with Crippen molar-refractivity contribution in [3.8, 4) is 0 Å². The molecule has 0 aliphatic heterocycles. The second-order valence-corrected chi connectivity index (χ2v) is 2.30. The highest BCUT2D eigenvalue weighted by atomic mass is 19.5. The predicted octanol–water partition coefficient (Wildman–Crippen LogP) is 3.48. The molecule has 0 saturated heterocycles. The summed E-state index contributed by atoms with van der Waals surface area (Å²) >= 11 is 0. The molecule has 0 unspecified atom stereocenters. The van der Waals surface area contributed by atoms with Crippen LogP contribution in [0.15, 0.2) is 0 Å². The zero-order valence-electron chi connectivity index (χ0n) is 6.38. The zero-order valence-corrected chi connectivity index (χ0v) is 6.38. The molecule has 0 bridgehead atoms. The minimum absolute atomic E-state index is 0.169. The lowest BCUT2D eigenvalue weighted by Gasteiger charge is -1.93. The van der Waals surface area contributed by atoms with Crippen molar-refractivity contribution in [2.24, 2.45) is 5.92 Å². The average Bonchev–Trinajstić information content (AvgIpc) is 1.58. The molecule has 0 radical (unpaired) electrons. The molecule has 70 valence electrons. The van der Waals surface area contributed by atoms with Crippen molar-refractivity contribution in [1.29, 1.82) is 0 Å². The third-order valence-corrected chi connectivity index (χ3v) is 0.686. The standard InChI is InChI=1S/C5H11F.CF4/c1-5(2)3-4-6;2-1(3,4)5/h5H,3-4H2,1-2H3;. The van der Waals surface area contributed by atoms with Crippen LogP contribution in [0.3, 0.4) is 0 Å². The summed E-state index contributed by atoms with van der Waals surface area (Å²) in [6.45, 7) is 3.86. The summed E-state index contributed by atoms with van der Waals surface area (Å²) in [7, 11) is 0. The van der Waals surface area contributed by atoms with Crippen LogP contribution in [0.2, 0.25) is 0 Å². The summed E-state index contributed by atoms with van der Waals surface area (Å²) in [4.78, 5) is 0. The van der Waals surface area contributed by atoms with Crippen molar-refractivity contribution in [3.63, 3.8) is 0 Å². The van der Waals surface area contributed by atoms with E-state index in [1.807, 2.05) is 13.8 Å². The molecular weight excluding hydrogens is 167 g/mol. The van der Waals surface area contributed by atoms with E-state index in [9.17, 15) is 22.0 Å². The number of rotatable bonds is 2. The summed E-state index contributed by atoms with van der Waals surface area (Å²) < 4.78 is 50.0. The molecule has 0 heterocycles. The summed E-state index contributed by atoms with van der Waals surface area (Å²) in [5.74, 6) is 0.523. The van der Waals surface area contributed by atoms with E-state index in [1.165, 1.54) is 0 Å². The first kappa shape index (κ1) is 13.3. The van der Waals surface area contributed by atoms with Crippen LogP contribution in [-0.2, 0) is 0 Å². The van der Waals surface area contributed by atoms with Crippen LogP contribution in [-0.4, -0.2) is 13.1 Å². The van der Waals surface area contributed by atoms with Gasteiger partial charge in [0.1, 0.15) is 0 Å². The molecule has 0 atom stereocenters. The molecule has 0 saturated carbocycles. The summed E-state index contributed by atoms with van der Waals surface area (Å²) in [5, 5.41) is 0. The van der Waals surface area contributed by atoms with E-state index < -0.39 is 6.43 Å². The highest BCUT2D eigenvalue weighted by Crippen LogP contribution is 2.13. The molecule has 0 N–H and O–H groups in total. The average molecular weight is 178 g/mol. The van der Waals surface area contributed by atoms with Crippen LogP contribution in [0.4, 0.5) is 22.0 Å². The van der Waals surface area contributed by atoms with Crippen LogP contribution in [0.25, 0.3) is 0 Å². The van der Waals surface area contributed by atoms with Gasteiger partial charge in [-0.3, -0.25) is 4.39 Å².